The van der Waals surface area contributed by atoms with Crippen molar-refractivity contribution in [2.45, 2.75) is 45.1 Å². The first kappa shape index (κ1) is 13.2. The normalized spacial score (nSPS) is 29.8. The molecule has 2 unspecified atom stereocenters. The van der Waals surface area contributed by atoms with Crippen molar-refractivity contribution in [2.75, 3.05) is 13.7 Å². The second-order valence-corrected chi connectivity index (χ2v) is 4.50. The van der Waals surface area contributed by atoms with Crippen molar-refractivity contribution < 1.29 is 14.3 Å². The average Bonchev–Trinajstić information content (AvgIpc) is 2.36. The molecule has 0 aromatic carbocycles. The Balaban J connectivity index is 2.65. The lowest BCUT2D eigenvalue weighted by molar-refractivity contribution is -0.148. The fourth-order valence-corrected chi connectivity index (χ4v) is 2.59. The molecule has 1 aliphatic rings. The largest absolute Gasteiger partial charge is 0.462 e. The number of methoxy groups -OCH3 is 1. The maximum absolute atomic E-state index is 11.1. The van der Waals surface area contributed by atoms with E-state index < -0.39 is 0 Å². The van der Waals surface area contributed by atoms with Crippen molar-refractivity contribution in [3.05, 3.63) is 12.7 Å². The number of rotatable bonds is 5. The second kappa shape index (κ2) is 6.04. The predicted molar refractivity (Wildman–Crippen MR) is 63.1 cm³/mol. The Morgan fingerprint density at radius 3 is 2.88 bits per heavy atom. The summed E-state index contributed by atoms with van der Waals surface area (Å²) in [6.07, 6.45) is 6.95. The molecular weight excluding hydrogens is 204 g/mol. The molecule has 1 fully saturated rings. The number of esters is 1. The molecule has 0 spiro atoms. The molecule has 92 valence electrons. The van der Waals surface area contributed by atoms with Crippen molar-refractivity contribution in [1.29, 1.82) is 0 Å². The lowest BCUT2D eigenvalue weighted by Crippen LogP contribution is -2.43. The van der Waals surface area contributed by atoms with Crippen LogP contribution in [0.3, 0.4) is 0 Å². The molecule has 2 atom stereocenters. The van der Waals surface area contributed by atoms with E-state index in [0.717, 1.165) is 19.3 Å². The summed E-state index contributed by atoms with van der Waals surface area (Å²) in [6, 6.07) is 0. The molecule has 0 heterocycles. The zero-order valence-corrected chi connectivity index (χ0v) is 10.3. The van der Waals surface area contributed by atoms with Gasteiger partial charge in [-0.3, -0.25) is 0 Å². The molecule has 0 N–H and O–H groups in total. The highest BCUT2D eigenvalue weighted by atomic mass is 16.5. The van der Waals surface area contributed by atoms with Crippen LogP contribution in [0.4, 0.5) is 0 Å². The van der Waals surface area contributed by atoms with Crippen LogP contribution in [0.25, 0.3) is 0 Å². The Labute approximate surface area is 97.8 Å². The molecule has 0 aromatic heterocycles. The SMILES string of the molecule is C=CC(=O)OCC1(CC)CCCCC1OC. The van der Waals surface area contributed by atoms with E-state index in [0.29, 0.717) is 6.61 Å². The van der Waals surface area contributed by atoms with Crippen LogP contribution in [0.15, 0.2) is 12.7 Å². The molecule has 0 bridgehead atoms. The van der Waals surface area contributed by atoms with Crippen molar-refractivity contribution in [3.8, 4) is 0 Å². The van der Waals surface area contributed by atoms with Gasteiger partial charge in [0.15, 0.2) is 0 Å². The van der Waals surface area contributed by atoms with E-state index in [4.69, 9.17) is 9.47 Å². The van der Waals surface area contributed by atoms with Crippen LogP contribution in [0.5, 0.6) is 0 Å². The molecule has 0 aliphatic heterocycles. The van der Waals surface area contributed by atoms with E-state index in [1.807, 2.05) is 0 Å². The predicted octanol–water partition coefficient (Wildman–Crippen LogP) is 2.70. The van der Waals surface area contributed by atoms with Crippen LogP contribution in [0.2, 0.25) is 0 Å². The molecule has 3 heteroatoms. The van der Waals surface area contributed by atoms with E-state index >= 15 is 0 Å². The third-order valence-corrected chi connectivity index (χ3v) is 3.73. The van der Waals surface area contributed by atoms with Gasteiger partial charge in [0.25, 0.3) is 0 Å². The van der Waals surface area contributed by atoms with Crippen molar-refractivity contribution in [3.63, 3.8) is 0 Å². The molecule has 16 heavy (non-hydrogen) atoms. The minimum absolute atomic E-state index is 0.00562. The Hall–Kier alpha value is -0.830. The van der Waals surface area contributed by atoms with Crippen LogP contribution >= 0.6 is 0 Å². The van der Waals surface area contributed by atoms with Gasteiger partial charge in [-0.15, -0.1) is 0 Å². The number of ether oxygens (including phenoxy) is 2. The molecule has 1 rings (SSSR count). The fourth-order valence-electron chi connectivity index (χ4n) is 2.59. The highest BCUT2D eigenvalue weighted by Crippen LogP contribution is 2.41. The molecule has 0 aromatic rings. The maximum atomic E-state index is 11.1. The molecule has 3 nitrogen and oxygen atoms in total. The van der Waals surface area contributed by atoms with Crippen molar-refractivity contribution in [1.82, 2.24) is 0 Å². The van der Waals surface area contributed by atoms with Crippen LogP contribution < -0.4 is 0 Å². The lowest BCUT2D eigenvalue weighted by atomic mass is 9.70. The molecule has 0 saturated heterocycles. The van der Waals surface area contributed by atoms with E-state index in [2.05, 4.69) is 13.5 Å². The first-order chi connectivity index (χ1) is 7.68. The number of carbonyl (C=O) groups excluding carboxylic acids is 1. The molecular formula is C13H22O3. The monoisotopic (exact) mass is 226 g/mol. The summed E-state index contributed by atoms with van der Waals surface area (Å²) in [5.74, 6) is -0.340. The summed E-state index contributed by atoms with van der Waals surface area (Å²) < 4.78 is 10.8. The van der Waals surface area contributed by atoms with Gasteiger partial charge in [-0.25, -0.2) is 4.79 Å². The van der Waals surface area contributed by atoms with Crippen LogP contribution in [-0.4, -0.2) is 25.8 Å². The number of hydrogen-bond acceptors (Lipinski definition) is 3. The summed E-state index contributed by atoms with van der Waals surface area (Å²) in [5, 5.41) is 0. The number of carbonyl (C=O) groups is 1. The van der Waals surface area contributed by atoms with E-state index in [9.17, 15) is 4.79 Å². The number of hydrogen-bond donors (Lipinski definition) is 0. The van der Waals surface area contributed by atoms with Gasteiger partial charge in [0.05, 0.1) is 12.7 Å². The fraction of sp³-hybridized carbons (Fsp3) is 0.769. The quantitative estimate of drug-likeness (QED) is 0.534. The van der Waals surface area contributed by atoms with Gasteiger partial charge in [0, 0.05) is 18.6 Å². The lowest BCUT2D eigenvalue weighted by Gasteiger charge is -2.42. The van der Waals surface area contributed by atoms with Crippen LogP contribution in [0, 0.1) is 5.41 Å². The Morgan fingerprint density at radius 2 is 2.31 bits per heavy atom. The Morgan fingerprint density at radius 1 is 1.56 bits per heavy atom. The summed E-state index contributed by atoms with van der Waals surface area (Å²) >= 11 is 0. The summed E-state index contributed by atoms with van der Waals surface area (Å²) in [6.45, 7) is 6.00. The van der Waals surface area contributed by atoms with Gasteiger partial charge in [-0.05, 0) is 19.3 Å². The van der Waals surface area contributed by atoms with Gasteiger partial charge >= 0.3 is 5.97 Å². The van der Waals surface area contributed by atoms with Gasteiger partial charge in [0.1, 0.15) is 0 Å². The molecule has 1 saturated carbocycles. The molecule has 0 amide bonds. The summed E-state index contributed by atoms with van der Waals surface area (Å²) in [5.41, 5.74) is 0.00562. The van der Waals surface area contributed by atoms with Crippen molar-refractivity contribution >= 4 is 5.97 Å². The Kier molecular flexibility index (Phi) is 5.00. The van der Waals surface area contributed by atoms with Gasteiger partial charge in [0.2, 0.25) is 0 Å². The van der Waals surface area contributed by atoms with Gasteiger partial charge < -0.3 is 9.47 Å². The molecule has 0 radical (unpaired) electrons. The minimum Gasteiger partial charge on any atom is -0.462 e. The van der Waals surface area contributed by atoms with Gasteiger partial charge in [-0.1, -0.05) is 26.3 Å². The Bertz CT molecular complexity index is 250. The van der Waals surface area contributed by atoms with E-state index in [1.54, 1.807) is 7.11 Å². The standard InChI is InChI=1S/C13H22O3/c1-4-12(14)16-10-13(5-2)9-7-6-8-11(13)15-3/h4,11H,1,5-10H2,2-3H3. The summed E-state index contributed by atoms with van der Waals surface area (Å²) in [4.78, 5) is 11.1. The third-order valence-electron chi connectivity index (χ3n) is 3.73. The highest BCUT2D eigenvalue weighted by Gasteiger charge is 2.40. The van der Waals surface area contributed by atoms with Crippen molar-refractivity contribution in [2.24, 2.45) is 5.41 Å². The zero-order chi connectivity index (χ0) is 12.0. The minimum atomic E-state index is -0.340. The van der Waals surface area contributed by atoms with E-state index in [1.165, 1.54) is 18.9 Å². The first-order valence-electron chi connectivity index (χ1n) is 6.00. The van der Waals surface area contributed by atoms with Gasteiger partial charge in [-0.2, -0.15) is 0 Å². The average molecular weight is 226 g/mol. The topological polar surface area (TPSA) is 35.5 Å². The molecule has 1 aliphatic carbocycles. The second-order valence-electron chi connectivity index (χ2n) is 4.50. The third kappa shape index (κ3) is 2.85. The maximum Gasteiger partial charge on any atom is 0.330 e. The van der Waals surface area contributed by atoms with Crippen LogP contribution in [-0.2, 0) is 14.3 Å². The van der Waals surface area contributed by atoms with E-state index in [-0.39, 0.29) is 17.5 Å². The zero-order valence-electron chi connectivity index (χ0n) is 10.3. The summed E-state index contributed by atoms with van der Waals surface area (Å²) in [7, 11) is 1.75. The van der Waals surface area contributed by atoms with Crippen LogP contribution in [0.1, 0.15) is 39.0 Å². The smallest absolute Gasteiger partial charge is 0.330 e. The first-order valence-corrected chi connectivity index (χ1v) is 6.00. The highest BCUT2D eigenvalue weighted by molar-refractivity contribution is 5.81.